The van der Waals surface area contributed by atoms with Crippen LogP contribution in [0.4, 0.5) is 0 Å². The van der Waals surface area contributed by atoms with Gasteiger partial charge in [0.25, 0.3) is 0 Å². The number of ketones is 1. The molecule has 0 aliphatic carbocycles. The molecule has 0 aliphatic heterocycles. The van der Waals surface area contributed by atoms with Crippen LogP contribution < -0.4 is 4.74 Å². The van der Waals surface area contributed by atoms with Gasteiger partial charge in [-0.05, 0) is 36.1 Å². The highest BCUT2D eigenvalue weighted by molar-refractivity contribution is 7.12. The van der Waals surface area contributed by atoms with Crippen LogP contribution in [0.1, 0.15) is 20.8 Å². The van der Waals surface area contributed by atoms with Crippen LogP contribution in [0.2, 0.25) is 0 Å². The topological polar surface area (TPSA) is 26.3 Å². The fraction of sp³-hybridized carbons (Fsp3) is 0.154. The maximum absolute atomic E-state index is 12.1. The molecule has 0 saturated heterocycles. The lowest BCUT2D eigenvalue weighted by atomic mass is 10.1. The van der Waals surface area contributed by atoms with Crippen molar-refractivity contribution in [1.29, 1.82) is 0 Å². The molecule has 0 bridgehead atoms. The number of carbonyl (C=O) groups is 1. The summed E-state index contributed by atoms with van der Waals surface area (Å²) in [6.07, 6.45) is 0. The van der Waals surface area contributed by atoms with Crippen molar-refractivity contribution in [2.45, 2.75) is 6.92 Å². The first-order chi connectivity index (χ1) is 7.70. The van der Waals surface area contributed by atoms with Gasteiger partial charge < -0.3 is 4.74 Å². The number of ether oxygens (including phenoxy) is 1. The molecule has 0 fully saturated rings. The standard InChI is InChI=1S/C13H12O2S/c1-9-6-12(16-8-9)13(14)10-4-3-5-11(7-10)15-2/h3-8H,1-2H3. The van der Waals surface area contributed by atoms with Gasteiger partial charge in [-0.3, -0.25) is 4.79 Å². The van der Waals surface area contributed by atoms with Crippen molar-refractivity contribution in [3.63, 3.8) is 0 Å². The highest BCUT2D eigenvalue weighted by atomic mass is 32.1. The molecule has 2 rings (SSSR count). The summed E-state index contributed by atoms with van der Waals surface area (Å²) in [7, 11) is 1.60. The summed E-state index contributed by atoms with van der Waals surface area (Å²) < 4.78 is 5.10. The molecule has 0 spiro atoms. The molecule has 16 heavy (non-hydrogen) atoms. The lowest BCUT2D eigenvalue weighted by Gasteiger charge is -2.02. The van der Waals surface area contributed by atoms with E-state index in [2.05, 4.69) is 0 Å². The number of hydrogen-bond donors (Lipinski definition) is 0. The first-order valence-corrected chi connectivity index (χ1v) is 5.82. The zero-order valence-electron chi connectivity index (χ0n) is 9.19. The molecule has 2 nitrogen and oxygen atoms in total. The molecular formula is C13H12O2S. The van der Waals surface area contributed by atoms with Crippen molar-refractivity contribution in [3.05, 3.63) is 51.7 Å². The van der Waals surface area contributed by atoms with Gasteiger partial charge >= 0.3 is 0 Å². The van der Waals surface area contributed by atoms with Crippen molar-refractivity contribution in [1.82, 2.24) is 0 Å². The summed E-state index contributed by atoms with van der Waals surface area (Å²) in [6, 6.07) is 9.13. The Morgan fingerprint density at radius 3 is 2.75 bits per heavy atom. The first-order valence-electron chi connectivity index (χ1n) is 4.94. The van der Waals surface area contributed by atoms with Crippen LogP contribution in [0.5, 0.6) is 5.75 Å². The summed E-state index contributed by atoms with van der Waals surface area (Å²) in [6.45, 7) is 1.98. The zero-order valence-corrected chi connectivity index (χ0v) is 10.0. The fourth-order valence-corrected chi connectivity index (χ4v) is 2.32. The van der Waals surface area contributed by atoms with Crippen molar-refractivity contribution >= 4 is 17.1 Å². The number of aryl methyl sites for hydroxylation is 1. The van der Waals surface area contributed by atoms with Gasteiger partial charge in [0.15, 0.2) is 0 Å². The van der Waals surface area contributed by atoms with E-state index < -0.39 is 0 Å². The lowest BCUT2D eigenvalue weighted by Crippen LogP contribution is -1.98. The van der Waals surface area contributed by atoms with Crippen molar-refractivity contribution in [2.24, 2.45) is 0 Å². The molecule has 1 aromatic heterocycles. The second kappa shape index (κ2) is 4.49. The molecule has 1 aromatic carbocycles. The molecule has 0 atom stereocenters. The fourth-order valence-electron chi connectivity index (χ4n) is 1.46. The third-order valence-corrected chi connectivity index (χ3v) is 3.33. The number of rotatable bonds is 3. The molecule has 0 amide bonds. The summed E-state index contributed by atoms with van der Waals surface area (Å²) in [4.78, 5) is 12.9. The van der Waals surface area contributed by atoms with E-state index in [1.54, 1.807) is 19.2 Å². The maximum Gasteiger partial charge on any atom is 0.203 e. The minimum atomic E-state index is 0.0528. The average Bonchev–Trinajstić information content (AvgIpc) is 2.75. The van der Waals surface area contributed by atoms with Crippen LogP contribution >= 0.6 is 11.3 Å². The predicted octanol–water partition coefficient (Wildman–Crippen LogP) is 3.30. The summed E-state index contributed by atoms with van der Waals surface area (Å²) in [5.74, 6) is 0.760. The molecule has 2 aromatic rings. The van der Waals surface area contributed by atoms with Crippen LogP contribution in [-0.4, -0.2) is 12.9 Å². The normalized spacial score (nSPS) is 10.1. The Kier molecular flexibility index (Phi) is 3.06. The van der Waals surface area contributed by atoms with E-state index >= 15 is 0 Å². The quantitative estimate of drug-likeness (QED) is 0.759. The van der Waals surface area contributed by atoms with Crippen LogP contribution in [0, 0.1) is 6.92 Å². The number of benzene rings is 1. The van der Waals surface area contributed by atoms with Crippen LogP contribution in [-0.2, 0) is 0 Å². The van der Waals surface area contributed by atoms with Gasteiger partial charge in [0, 0.05) is 5.56 Å². The molecule has 82 valence electrons. The van der Waals surface area contributed by atoms with Gasteiger partial charge in [0.05, 0.1) is 12.0 Å². The predicted molar refractivity (Wildman–Crippen MR) is 65.5 cm³/mol. The van der Waals surface area contributed by atoms with Crippen molar-refractivity contribution in [2.75, 3.05) is 7.11 Å². The minimum absolute atomic E-state index is 0.0528. The zero-order chi connectivity index (χ0) is 11.5. The highest BCUT2D eigenvalue weighted by Crippen LogP contribution is 2.20. The van der Waals surface area contributed by atoms with E-state index in [-0.39, 0.29) is 5.78 Å². The summed E-state index contributed by atoms with van der Waals surface area (Å²) in [5, 5.41) is 1.98. The smallest absolute Gasteiger partial charge is 0.203 e. The van der Waals surface area contributed by atoms with Crippen molar-refractivity contribution < 1.29 is 9.53 Å². The van der Waals surface area contributed by atoms with E-state index in [1.165, 1.54) is 11.3 Å². The first kappa shape index (κ1) is 10.9. The Labute approximate surface area is 98.5 Å². The van der Waals surface area contributed by atoms with Crippen LogP contribution in [0.15, 0.2) is 35.7 Å². The average molecular weight is 232 g/mol. The SMILES string of the molecule is COc1cccc(C(=O)c2cc(C)cs2)c1. The molecule has 3 heteroatoms. The van der Waals surface area contributed by atoms with Gasteiger partial charge in [0.1, 0.15) is 5.75 Å². The third-order valence-electron chi connectivity index (χ3n) is 2.29. The Balaban J connectivity index is 2.33. The van der Waals surface area contributed by atoms with Crippen LogP contribution in [0.3, 0.4) is 0 Å². The van der Waals surface area contributed by atoms with Gasteiger partial charge in [-0.1, -0.05) is 12.1 Å². The molecule has 0 N–H and O–H groups in total. The van der Waals surface area contributed by atoms with Gasteiger partial charge in [-0.25, -0.2) is 0 Å². The molecular weight excluding hydrogens is 220 g/mol. The van der Waals surface area contributed by atoms with E-state index in [9.17, 15) is 4.79 Å². The Bertz CT molecular complexity index is 514. The number of thiophene rings is 1. The number of carbonyl (C=O) groups excluding carboxylic acids is 1. The largest absolute Gasteiger partial charge is 0.497 e. The van der Waals surface area contributed by atoms with Gasteiger partial charge in [-0.2, -0.15) is 0 Å². The second-order valence-corrected chi connectivity index (χ2v) is 4.46. The Morgan fingerprint density at radius 1 is 1.31 bits per heavy atom. The van der Waals surface area contributed by atoms with Crippen LogP contribution in [0.25, 0.3) is 0 Å². The van der Waals surface area contributed by atoms with E-state index in [1.807, 2.05) is 30.5 Å². The van der Waals surface area contributed by atoms with Gasteiger partial charge in [-0.15, -0.1) is 11.3 Å². The highest BCUT2D eigenvalue weighted by Gasteiger charge is 2.11. The molecule has 0 saturated carbocycles. The van der Waals surface area contributed by atoms with E-state index in [0.29, 0.717) is 11.3 Å². The molecule has 0 radical (unpaired) electrons. The molecule has 0 aliphatic rings. The number of methoxy groups -OCH3 is 1. The summed E-state index contributed by atoms with van der Waals surface area (Å²) >= 11 is 1.48. The molecule has 1 heterocycles. The minimum Gasteiger partial charge on any atom is -0.497 e. The van der Waals surface area contributed by atoms with E-state index in [0.717, 1.165) is 10.4 Å². The third kappa shape index (κ3) is 2.14. The number of hydrogen-bond acceptors (Lipinski definition) is 3. The van der Waals surface area contributed by atoms with E-state index in [4.69, 9.17) is 4.74 Å². The second-order valence-electron chi connectivity index (χ2n) is 3.55. The molecule has 0 unspecified atom stereocenters. The monoisotopic (exact) mass is 232 g/mol. The Morgan fingerprint density at radius 2 is 2.12 bits per heavy atom. The maximum atomic E-state index is 12.1. The lowest BCUT2D eigenvalue weighted by molar-refractivity contribution is 0.104. The Hall–Kier alpha value is -1.61. The van der Waals surface area contributed by atoms with Crippen molar-refractivity contribution in [3.8, 4) is 5.75 Å². The van der Waals surface area contributed by atoms with Gasteiger partial charge in [0.2, 0.25) is 5.78 Å². The summed E-state index contributed by atoms with van der Waals surface area (Å²) in [5.41, 5.74) is 1.79.